The maximum absolute atomic E-state index is 5.48. The molecule has 2 heteroatoms. The predicted octanol–water partition coefficient (Wildman–Crippen LogP) is 2.20. The highest BCUT2D eigenvalue weighted by Gasteiger charge is 1.93. The lowest BCUT2D eigenvalue weighted by Gasteiger charge is -2.05. The van der Waals surface area contributed by atoms with Crippen molar-refractivity contribution in [3.8, 4) is 0 Å². The highest BCUT2D eigenvalue weighted by molar-refractivity contribution is 5.21. The molecule has 0 radical (unpaired) electrons. The molecule has 0 aliphatic rings. The summed E-state index contributed by atoms with van der Waals surface area (Å²) in [6.07, 6.45) is 0. The highest BCUT2D eigenvalue weighted by Crippen LogP contribution is 2.06. The highest BCUT2D eigenvalue weighted by atomic mass is 16.5. The molecule has 0 aliphatic carbocycles. The normalized spacial score (nSPS) is 9.69. The number of hydrogen-bond acceptors (Lipinski definition) is 2. The fourth-order valence-electron chi connectivity index (χ4n) is 0.978. The fraction of sp³-hybridized carbons (Fsp3) is 0.273. The summed E-state index contributed by atoms with van der Waals surface area (Å²) in [7, 11) is 0. The molecule has 0 spiro atoms. The van der Waals surface area contributed by atoms with Gasteiger partial charge in [0.25, 0.3) is 0 Å². The molecule has 0 heterocycles. The molecule has 2 nitrogen and oxygen atoms in total. The molecule has 1 rings (SSSR count). The molecule has 0 saturated heterocycles. The number of allylic oxidation sites excluding steroid dienone is 1. The van der Waals surface area contributed by atoms with Gasteiger partial charge in [-0.3, -0.25) is 0 Å². The summed E-state index contributed by atoms with van der Waals surface area (Å²) in [4.78, 5) is 0. The Morgan fingerprint density at radius 1 is 1.31 bits per heavy atom. The van der Waals surface area contributed by atoms with Gasteiger partial charge in [0, 0.05) is 6.54 Å². The van der Waals surface area contributed by atoms with Crippen molar-refractivity contribution >= 4 is 0 Å². The van der Waals surface area contributed by atoms with Crippen LogP contribution in [-0.4, -0.2) is 0 Å². The van der Waals surface area contributed by atoms with Crippen LogP contribution in [0, 0.1) is 0 Å². The van der Waals surface area contributed by atoms with Crippen molar-refractivity contribution in [1.82, 2.24) is 0 Å². The van der Waals surface area contributed by atoms with Gasteiger partial charge in [0.15, 0.2) is 0 Å². The maximum Gasteiger partial charge on any atom is 0.113 e. The molecule has 13 heavy (non-hydrogen) atoms. The molecular formula is C11H15NO. The lowest BCUT2D eigenvalue weighted by molar-refractivity contribution is 0.202. The minimum absolute atomic E-state index is 0.584. The molecule has 1 aromatic carbocycles. The van der Waals surface area contributed by atoms with Crippen LogP contribution in [0.1, 0.15) is 18.1 Å². The van der Waals surface area contributed by atoms with E-state index in [1.54, 1.807) is 0 Å². The van der Waals surface area contributed by atoms with Crippen LogP contribution in [0.15, 0.2) is 36.6 Å². The van der Waals surface area contributed by atoms with Crippen molar-refractivity contribution in [1.29, 1.82) is 0 Å². The molecule has 70 valence electrons. The predicted molar refractivity (Wildman–Crippen MR) is 53.9 cm³/mol. The van der Waals surface area contributed by atoms with Gasteiger partial charge in [0.05, 0.1) is 5.76 Å². The van der Waals surface area contributed by atoms with Crippen LogP contribution in [0.3, 0.4) is 0 Å². The van der Waals surface area contributed by atoms with Crippen molar-refractivity contribution < 1.29 is 4.74 Å². The topological polar surface area (TPSA) is 35.2 Å². The second-order valence-electron chi connectivity index (χ2n) is 3.01. The molecule has 0 bridgehead atoms. The van der Waals surface area contributed by atoms with Gasteiger partial charge in [-0.1, -0.05) is 30.8 Å². The molecule has 0 amide bonds. The van der Waals surface area contributed by atoms with Crippen LogP contribution in [0.4, 0.5) is 0 Å². The van der Waals surface area contributed by atoms with Crippen LogP contribution in [-0.2, 0) is 17.9 Å². The molecule has 1 aromatic rings. The van der Waals surface area contributed by atoms with Gasteiger partial charge in [0.1, 0.15) is 6.61 Å². The summed E-state index contributed by atoms with van der Waals surface area (Å²) < 4.78 is 5.28. The quantitative estimate of drug-likeness (QED) is 0.715. The average Bonchev–Trinajstić information content (AvgIpc) is 2.15. The van der Waals surface area contributed by atoms with E-state index in [4.69, 9.17) is 10.5 Å². The third-order valence-corrected chi connectivity index (χ3v) is 1.74. The molecule has 0 saturated carbocycles. The molecule has 0 atom stereocenters. The Balaban J connectivity index is 2.54. The number of nitrogens with two attached hydrogens (primary N) is 1. The SMILES string of the molecule is C=C(C)OCc1ccc(CN)cc1. The molecule has 0 fully saturated rings. The Labute approximate surface area is 79.0 Å². The molecule has 0 aliphatic heterocycles. The Kier molecular flexibility index (Phi) is 3.53. The van der Waals surface area contributed by atoms with Gasteiger partial charge < -0.3 is 10.5 Å². The van der Waals surface area contributed by atoms with Crippen molar-refractivity contribution in [2.75, 3.05) is 0 Å². The lowest BCUT2D eigenvalue weighted by atomic mass is 10.1. The van der Waals surface area contributed by atoms with Gasteiger partial charge in [-0.2, -0.15) is 0 Å². The van der Waals surface area contributed by atoms with Crippen LogP contribution >= 0.6 is 0 Å². The number of hydrogen-bond donors (Lipinski definition) is 1. The van der Waals surface area contributed by atoms with Crippen molar-refractivity contribution in [2.24, 2.45) is 5.73 Å². The first-order valence-corrected chi connectivity index (χ1v) is 4.28. The van der Waals surface area contributed by atoms with Gasteiger partial charge in [-0.15, -0.1) is 0 Å². The van der Waals surface area contributed by atoms with Gasteiger partial charge in [-0.25, -0.2) is 0 Å². The summed E-state index contributed by atoms with van der Waals surface area (Å²) in [6, 6.07) is 8.06. The van der Waals surface area contributed by atoms with Gasteiger partial charge in [0.2, 0.25) is 0 Å². The summed E-state index contributed by atoms with van der Waals surface area (Å²) in [5.74, 6) is 0.739. The van der Waals surface area contributed by atoms with E-state index in [-0.39, 0.29) is 0 Å². The van der Waals surface area contributed by atoms with Crippen molar-refractivity contribution in [2.45, 2.75) is 20.1 Å². The zero-order valence-electron chi connectivity index (χ0n) is 7.92. The Hall–Kier alpha value is -1.28. The first kappa shape index (κ1) is 9.81. The standard InChI is InChI=1S/C11H15NO/c1-9(2)13-8-11-5-3-10(7-12)4-6-11/h3-6H,1,7-8,12H2,2H3. The number of benzene rings is 1. The molecule has 0 aromatic heterocycles. The second-order valence-corrected chi connectivity index (χ2v) is 3.01. The summed E-state index contributed by atoms with van der Waals surface area (Å²) in [6.45, 7) is 6.67. The number of ether oxygens (including phenoxy) is 1. The average molecular weight is 177 g/mol. The molecule has 2 N–H and O–H groups in total. The van der Waals surface area contributed by atoms with E-state index in [9.17, 15) is 0 Å². The minimum atomic E-state index is 0.584. The molecular weight excluding hydrogens is 162 g/mol. The van der Waals surface area contributed by atoms with Crippen LogP contribution in [0.2, 0.25) is 0 Å². The zero-order valence-corrected chi connectivity index (χ0v) is 7.92. The largest absolute Gasteiger partial charge is 0.494 e. The third-order valence-electron chi connectivity index (χ3n) is 1.74. The van der Waals surface area contributed by atoms with Crippen LogP contribution in [0.25, 0.3) is 0 Å². The summed E-state index contributed by atoms with van der Waals surface area (Å²) >= 11 is 0. The van der Waals surface area contributed by atoms with E-state index in [0.717, 1.165) is 16.9 Å². The van der Waals surface area contributed by atoms with E-state index in [1.807, 2.05) is 31.2 Å². The Morgan fingerprint density at radius 2 is 1.85 bits per heavy atom. The fourth-order valence-corrected chi connectivity index (χ4v) is 0.978. The zero-order chi connectivity index (χ0) is 9.68. The smallest absolute Gasteiger partial charge is 0.113 e. The van der Waals surface area contributed by atoms with Crippen molar-refractivity contribution in [3.05, 3.63) is 47.7 Å². The second kappa shape index (κ2) is 4.67. The Morgan fingerprint density at radius 3 is 2.31 bits per heavy atom. The van der Waals surface area contributed by atoms with Crippen LogP contribution in [0.5, 0.6) is 0 Å². The van der Waals surface area contributed by atoms with Crippen molar-refractivity contribution in [3.63, 3.8) is 0 Å². The monoisotopic (exact) mass is 177 g/mol. The summed E-state index contributed by atoms with van der Waals surface area (Å²) in [5.41, 5.74) is 7.75. The van der Waals surface area contributed by atoms with E-state index in [2.05, 4.69) is 6.58 Å². The lowest BCUT2D eigenvalue weighted by Crippen LogP contribution is -1.96. The van der Waals surface area contributed by atoms with E-state index in [1.165, 1.54) is 0 Å². The summed E-state index contributed by atoms with van der Waals surface area (Å²) in [5, 5.41) is 0. The number of rotatable bonds is 4. The van der Waals surface area contributed by atoms with Crippen LogP contribution < -0.4 is 5.73 Å². The van der Waals surface area contributed by atoms with E-state index < -0.39 is 0 Å². The van der Waals surface area contributed by atoms with Gasteiger partial charge >= 0.3 is 0 Å². The minimum Gasteiger partial charge on any atom is -0.494 e. The first-order chi connectivity index (χ1) is 6.22. The van der Waals surface area contributed by atoms with E-state index >= 15 is 0 Å². The molecule has 0 unspecified atom stereocenters. The first-order valence-electron chi connectivity index (χ1n) is 4.28. The van der Waals surface area contributed by atoms with E-state index in [0.29, 0.717) is 13.2 Å². The third kappa shape index (κ3) is 3.30. The maximum atomic E-state index is 5.48. The van der Waals surface area contributed by atoms with Gasteiger partial charge in [-0.05, 0) is 18.1 Å². The Bertz CT molecular complexity index is 277.